The molecule has 1 atom stereocenters. The molecule has 0 aromatic carbocycles. The van der Waals surface area contributed by atoms with Gasteiger partial charge in [-0.3, -0.25) is 9.80 Å². The Bertz CT molecular complexity index is 624. The lowest BCUT2D eigenvalue weighted by atomic mass is 10.2. The number of hydrogen-bond acceptors (Lipinski definition) is 4. The van der Waals surface area contributed by atoms with Crippen molar-refractivity contribution in [3.05, 3.63) is 35.8 Å². The zero-order chi connectivity index (χ0) is 15.5. The molecule has 0 saturated carbocycles. The van der Waals surface area contributed by atoms with Crippen LogP contribution in [0.5, 0.6) is 0 Å². The van der Waals surface area contributed by atoms with E-state index >= 15 is 0 Å². The van der Waals surface area contributed by atoms with Crippen LogP contribution in [0.3, 0.4) is 0 Å². The fraction of sp³-hybridized carbons (Fsp3) is 0.588. The number of hydrogen-bond donors (Lipinski definition) is 0. The predicted molar refractivity (Wildman–Crippen MR) is 88.1 cm³/mol. The molecule has 1 aliphatic rings. The molecule has 0 radical (unpaired) electrons. The van der Waals surface area contributed by atoms with E-state index in [2.05, 4.69) is 51.4 Å². The third-order valence-corrected chi connectivity index (χ3v) is 4.55. The van der Waals surface area contributed by atoms with Crippen LogP contribution >= 0.6 is 0 Å². The number of methoxy groups -OCH3 is 1. The maximum absolute atomic E-state index is 5.20. The van der Waals surface area contributed by atoms with Gasteiger partial charge in [0.1, 0.15) is 5.65 Å². The van der Waals surface area contributed by atoms with Crippen molar-refractivity contribution in [2.45, 2.75) is 26.4 Å². The third kappa shape index (κ3) is 3.32. The summed E-state index contributed by atoms with van der Waals surface area (Å²) in [5, 5.41) is 0. The van der Waals surface area contributed by atoms with Gasteiger partial charge in [0.15, 0.2) is 0 Å². The molecule has 0 spiro atoms. The monoisotopic (exact) mass is 302 g/mol. The summed E-state index contributed by atoms with van der Waals surface area (Å²) in [7, 11) is 1.77. The minimum atomic E-state index is 0.574. The lowest BCUT2D eigenvalue weighted by Crippen LogP contribution is -2.52. The number of pyridine rings is 1. The first kappa shape index (κ1) is 15.5. The fourth-order valence-corrected chi connectivity index (χ4v) is 3.24. The zero-order valence-corrected chi connectivity index (χ0v) is 13.8. The molecule has 1 unspecified atom stereocenters. The van der Waals surface area contributed by atoms with Gasteiger partial charge in [0.2, 0.25) is 0 Å². The summed E-state index contributed by atoms with van der Waals surface area (Å²) >= 11 is 0. The van der Waals surface area contributed by atoms with E-state index in [0.717, 1.165) is 45.0 Å². The van der Waals surface area contributed by atoms with E-state index in [9.17, 15) is 0 Å². The first-order chi connectivity index (χ1) is 10.7. The van der Waals surface area contributed by atoms with Crippen molar-refractivity contribution in [2.24, 2.45) is 0 Å². The third-order valence-electron chi connectivity index (χ3n) is 4.55. The number of aryl methyl sites for hydroxylation is 1. The second kappa shape index (κ2) is 6.77. The van der Waals surface area contributed by atoms with Crippen LogP contribution in [-0.2, 0) is 11.3 Å². The number of ether oxygens (including phenoxy) is 1. The maximum Gasteiger partial charge on any atom is 0.136 e. The smallest absolute Gasteiger partial charge is 0.136 e. The molecule has 3 heterocycles. The second-order valence-electron chi connectivity index (χ2n) is 6.30. The van der Waals surface area contributed by atoms with E-state index in [-0.39, 0.29) is 0 Å². The number of rotatable bonds is 5. The Labute approximate surface area is 132 Å². The molecule has 5 heteroatoms. The largest absolute Gasteiger partial charge is 0.383 e. The quantitative estimate of drug-likeness (QED) is 0.843. The van der Waals surface area contributed by atoms with Gasteiger partial charge in [-0.05, 0) is 25.5 Å². The molecule has 2 aromatic rings. The lowest BCUT2D eigenvalue weighted by molar-refractivity contribution is 0.0551. The summed E-state index contributed by atoms with van der Waals surface area (Å²) in [4.78, 5) is 9.55. The Morgan fingerprint density at radius 2 is 2.18 bits per heavy atom. The first-order valence-electron chi connectivity index (χ1n) is 8.05. The Kier molecular flexibility index (Phi) is 4.76. The molecule has 0 aliphatic carbocycles. The summed E-state index contributed by atoms with van der Waals surface area (Å²) in [6.07, 6.45) is 4.19. The lowest BCUT2D eigenvalue weighted by Gasteiger charge is -2.39. The van der Waals surface area contributed by atoms with Crippen molar-refractivity contribution in [2.75, 3.05) is 39.9 Å². The van der Waals surface area contributed by atoms with Gasteiger partial charge in [-0.2, -0.15) is 0 Å². The zero-order valence-electron chi connectivity index (χ0n) is 13.8. The average molecular weight is 302 g/mol. The van der Waals surface area contributed by atoms with Crippen LogP contribution in [0.1, 0.15) is 18.2 Å². The molecule has 3 rings (SSSR count). The molecule has 0 bridgehead atoms. The molecule has 0 N–H and O–H groups in total. The molecule has 1 aliphatic heterocycles. The highest BCUT2D eigenvalue weighted by molar-refractivity contribution is 5.41. The van der Waals surface area contributed by atoms with Crippen LogP contribution in [0.25, 0.3) is 5.65 Å². The second-order valence-corrected chi connectivity index (χ2v) is 6.30. The van der Waals surface area contributed by atoms with Gasteiger partial charge < -0.3 is 9.14 Å². The summed E-state index contributed by atoms with van der Waals surface area (Å²) in [5.74, 6) is 0. The molecule has 5 nitrogen and oxygen atoms in total. The molecule has 120 valence electrons. The van der Waals surface area contributed by atoms with E-state index in [0.29, 0.717) is 6.04 Å². The Hall–Kier alpha value is -1.43. The minimum absolute atomic E-state index is 0.574. The number of aromatic nitrogens is 2. The van der Waals surface area contributed by atoms with Gasteiger partial charge in [-0.25, -0.2) is 4.98 Å². The van der Waals surface area contributed by atoms with Crippen molar-refractivity contribution < 1.29 is 4.74 Å². The molecule has 1 fully saturated rings. The van der Waals surface area contributed by atoms with Gasteiger partial charge in [-0.1, -0.05) is 6.07 Å². The standard InChI is InChI=1S/C17H26N4O/c1-14-4-5-17-18-10-16(21(17)11-14)13-19-6-7-20(8-9-22-3)15(2)12-19/h4-5,10-11,15H,6-9,12-13H2,1-3H3. The molecule has 22 heavy (non-hydrogen) atoms. The predicted octanol–water partition coefficient (Wildman–Crippen LogP) is 1.80. The van der Waals surface area contributed by atoms with E-state index in [4.69, 9.17) is 4.74 Å². The van der Waals surface area contributed by atoms with E-state index in [1.54, 1.807) is 7.11 Å². The van der Waals surface area contributed by atoms with Gasteiger partial charge in [0.05, 0.1) is 18.5 Å². The van der Waals surface area contributed by atoms with Gasteiger partial charge in [0, 0.05) is 52.1 Å². The molecule has 1 saturated heterocycles. The highest BCUT2D eigenvalue weighted by Crippen LogP contribution is 2.15. The number of imidazole rings is 1. The molecular weight excluding hydrogens is 276 g/mol. The average Bonchev–Trinajstić information content (AvgIpc) is 2.89. The molecular formula is C17H26N4O. The van der Waals surface area contributed by atoms with E-state index < -0.39 is 0 Å². The maximum atomic E-state index is 5.20. The van der Waals surface area contributed by atoms with E-state index in [1.807, 2.05) is 6.20 Å². The topological polar surface area (TPSA) is 33.0 Å². The van der Waals surface area contributed by atoms with Crippen LogP contribution in [0, 0.1) is 6.92 Å². The Balaban J connectivity index is 1.65. The fourth-order valence-electron chi connectivity index (χ4n) is 3.24. The number of piperazine rings is 1. The molecule has 0 amide bonds. The first-order valence-corrected chi connectivity index (χ1v) is 8.05. The van der Waals surface area contributed by atoms with Crippen molar-refractivity contribution >= 4 is 5.65 Å². The summed E-state index contributed by atoms with van der Waals surface area (Å²) in [6, 6.07) is 4.78. The normalized spacial score (nSPS) is 20.8. The SMILES string of the molecule is COCCN1CCN(Cc2cnc3ccc(C)cn23)CC1C. The van der Waals surface area contributed by atoms with Crippen LogP contribution in [0.2, 0.25) is 0 Å². The van der Waals surface area contributed by atoms with Crippen LogP contribution in [-0.4, -0.2) is 65.1 Å². The minimum Gasteiger partial charge on any atom is -0.383 e. The van der Waals surface area contributed by atoms with Crippen molar-refractivity contribution in [3.8, 4) is 0 Å². The summed E-state index contributed by atoms with van der Waals surface area (Å²) < 4.78 is 7.42. The highest BCUT2D eigenvalue weighted by Gasteiger charge is 2.23. The highest BCUT2D eigenvalue weighted by atomic mass is 16.5. The van der Waals surface area contributed by atoms with Crippen molar-refractivity contribution in [3.63, 3.8) is 0 Å². The Morgan fingerprint density at radius 1 is 1.32 bits per heavy atom. The molecule has 2 aromatic heterocycles. The van der Waals surface area contributed by atoms with Gasteiger partial charge in [-0.15, -0.1) is 0 Å². The number of nitrogens with zero attached hydrogens (tertiary/aromatic N) is 4. The Morgan fingerprint density at radius 3 is 2.95 bits per heavy atom. The summed E-state index contributed by atoms with van der Waals surface area (Å²) in [6.45, 7) is 10.6. The van der Waals surface area contributed by atoms with E-state index in [1.165, 1.54) is 11.3 Å². The van der Waals surface area contributed by atoms with Crippen LogP contribution in [0.4, 0.5) is 0 Å². The van der Waals surface area contributed by atoms with Crippen molar-refractivity contribution in [1.29, 1.82) is 0 Å². The van der Waals surface area contributed by atoms with Crippen LogP contribution < -0.4 is 0 Å². The van der Waals surface area contributed by atoms with Crippen LogP contribution in [0.15, 0.2) is 24.5 Å². The van der Waals surface area contributed by atoms with Crippen molar-refractivity contribution in [1.82, 2.24) is 19.2 Å². The number of fused-ring (bicyclic) bond motifs is 1. The van der Waals surface area contributed by atoms with Gasteiger partial charge >= 0.3 is 0 Å². The summed E-state index contributed by atoms with van der Waals surface area (Å²) in [5.41, 5.74) is 3.58. The van der Waals surface area contributed by atoms with Gasteiger partial charge in [0.25, 0.3) is 0 Å².